The molecule has 3 aromatic rings. The maximum Gasteiger partial charge on any atom is 0.420 e. The van der Waals surface area contributed by atoms with E-state index < -0.39 is 0 Å². The van der Waals surface area contributed by atoms with Crippen LogP contribution in [-0.2, 0) is 6.54 Å². The lowest BCUT2D eigenvalue weighted by Crippen LogP contribution is -2.36. The molecule has 0 N–H and O–H groups in total. The van der Waals surface area contributed by atoms with Gasteiger partial charge in [0.1, 0.15) is 0 Å². The van der Waals surface area contributed by atoms with Gasteiger partial charge in [-0.2, -0.15) is 0 Å². The van der Waals surface area contributed by atoms with Crippen LogP contribution in [0.2, 0.25) is 0 Å². The Morgan fingerprint density at radius 3 is 2.36 bits per heavy atom. The first-order valence-corrected chi connectivity index (χ1v) is 10.4. The Bertz CT molecular complexity index is 991. The maximum absolute atomic E-state index is 12.3. The van der Waals surface area contributed by atoms with E-state index in [2.05, 4.69) is 34.1 Å². The van der Waals surface area contributed by atoms with Crippen molar-refractivity contribution in [1.82, 2.24) is 9.47 Å². The second-order valence-corrected chi connectivity index (χ2v) is 8.07. The predicted octanol–water partition coefficient (Wildman–Crippen LogP) is 4.03. The fourth-order valence-corrected chi connectivity index (χ4v) is 4.71. The maximum atomic E-state index is 12.3. The molecule has 0 radical (unpaired) electrons. The molecule has 2 aliphatic rings. The summed E-state index contributed by atoms with van der Waals surface area (Å²) in [4.78, 5) is 17.3. The van der Waals surface area contributed by atoms with Crippen LogP contribution in [0, 0.1) is 0 Å². The molecule has 0 bridgehead atoms. The molecule has 2 fully saturated rings. The Kier molecular flexibility index (Phi) is 4.69. The van der Waals surface area contributed by atoms with Crippen molar-refractivity contribution >= 4 is 16.8 Å². The molecule has 0 saturated carbocycles. The van der Waals surface area contributed by atoms with Gasteiger partial charge in [-0.05, 0) is 55.5 Å². The third-order valence-corrected chi connectivity index (χ3v) is 6.25. The average molecular weight is 377 g/mol. The topological polar surface area (TPSA) is 41.6 Å². The highest BCUT2D eigenvalue weighted by Gasteiger charge is 2.24. The Morgan fingerprint density at radius 2 is 1.61 bits per heavy atom. The van der Waals surface area contributed by atoms with Crippen LogP contribution in [0.25, 0.3) is 11.1 Å². The van der Waals surface area contributed by atoms with Crippen LogP contribution in [0.5, 0.6) is 0 Å². The number of hydrogen-bond acceptors (Lipinski definition) is 4. The Morgan fingerprint density at radius 1 is 0.893 bits per heavy atom. The number of aromatic nitrogens is 1. The van der Waals surface area contributed by atoms with Gasteiger partial charge in [0.25, 0.3) is 0 Å². The minimum absolute atomic E-state index is 0.225. The highest BCUT2D eigenvalue weighted by molar-refractivity contribution is 5.72. The van der Waals surface area contributed by atoms with Crippen LogP contribution < -0.4 is 10.7 Å². The van der Waals surface area contributed by atoms with Gasteiger partial charge in [-0.25, -0.2) is 4.79 Å². The van der Waals surface area contributed by atoms with Gasteiger partial charge >= 0.3 is 5.76 Å². The zero-order valence-electron chi connectivity index (χ0n) is 16.2. The summed E-state index contributed by atoms with van der Waals surface area (Å²) < 4.78 is 7.28. The zero-order chi connectivity index (χ0) is 18.9. The summed E-state index contributed by atoms with van der Waals surface area (Å²) in [5.74, 6) is -0.225. The molecule has 0 atom stereocenters. The monoisotopic (exact) mass is 377 g/mol. The van der Waals surface area contributed by atoms with E-state index in [0.29, 0.717) is 5.58 Å². The lowest BCUT2D eigenvalue weighted by atomic mass is 10.0. The van der Waals surface area contributed by atoms with Gasteiger partial charge in [-0.1, -0.05) is 24.3 Å². The number of benzene rings is 2. The van der Waals surface area contributed by atoms with Crippen molar-refractivity contribution in [3.8, 4) is 0 Å². The summed E-state index contributed by atoms with van der Waals surface area (Å²) in [6.07, 6.45) is 4.59. The molecular formula is C23H27N3O2. The van der Waals surface area contributed by atoms with Gasteiger partial charge in [-0.3, -0.25) is 9.47 Å². The van der Waals surface area contributed by atoms with Crippen molar-refractivity contribution in [2.75, 3.05) is 31.1 Å². The summed E-state index contributed by atoms with van der Waals surface area (Å²) in [5, 5.41) is 0. The van der Waals surface area contributed by atoms with E-state index in [9.17, 15) is 4.79 Å². The normalized spacial score (nSPS) is 18.9. The molecule has 5 nitrogen and oxygen atoms in total. The molecule has 28 heavy (non-hydrogen) atoms. The van der Waals surface area contributed by atoms with Gasteiger partial charge in [0.2, 0.25) is 0 Å². The van der Waals surface area contributed by atoms with E-state index in [-0.39, 0.29) is 11.8 Å². The van der Waals surface area contributed by atoms with Crippen molar-refractivity contribution in [2.24, 2.45) is 0 Å². The summed E-state index contributed by atoms with van der Waals surface area (Å²) in [6.45, 7) is 5.37. The Balaban J connectivity index is 1.22. The van der Waals surface area contributed by atoms with Crippen molar-refractivity contribution in [3.63, 3.8) is 0 Å². The molecule has 2 aromatic carbocycles. The van der Waals surface area contributed by atoms with Gasteiger partial charge < -0.3 is 9.32 Å². The molecule has 3 heterocycles. The first-order chi connectivity index (χ1) is 13.8. The first kappa shape index (κ1) is 17.6. The Labute approximate surface area is 165 Å². The van der Waals surface area contributed by atoms with Crippen molar-refractivity contribution in [3.05, 3.63) is 64.6 Å². The van der Waals surface area contributed by atoms with Crippen molar-refractivity contribution in [1.29, 1.82) is 0 Å². The summed E-state index contributed by atoms with van der Waals surface area (Å²) in [6, 6.07) is 17.0. The summed E-state index contributed by atoms with van der Waals surface area (Å²) >= 11 is 0. The molecule has 0 aliphatic carbocycles. The average Bonchev–Trinajstić information content (AvgIpc) is 3.37. The fraction of sp³-hybridized carbons (Fsp3) is 0.435. The van der Waals surface area contributed by atoms with Gasteiger partial charge in [0.05, 0.1) is 5.52 Å². The minimum atomic E-state index is -0.225. The van der Waals surface area contributed by atoms with Crippen LogP contribution >= 0.6 is 0 Å². The number of anilines is 1. The smallest absolute Gasteiger partial charge is 0.408 e. The number of fused-ring (bicyclic) bond motifs is 1. The van der Waals surface area contributed by atoms with Crippen LogP contribution in [0.15, 0.2) is 57.7 Å². The number of piperidine rings is 1. The molecular weight excluding hydrogens is 350 g/mol. The molecule has 146 valence electrons. The van der Waals surface area contributed by atoms with Gasteiger partial charge in [0, 0.05) is 44.5 Å². The van der Waals surface area contributed by atoms with Crippen molar-refractivity contribution < 1.29 is 4.42 Å². The van der Waals surface area contributed by atoms with E-state index in [4.69, 9.17) is 4.42 Å². The van der Waals surface area contributed by atoms with E-state index in [1.165, 1.54) is 37.2 Å². The quantitative estimate of drug-likeness (QED) is 0.688. The number of para-hydroxylation sites is 2. The molecule has 1 aromatic heterocycles. The zero-order valence-corrected chi connectivity index (χ0v) is 16.2. The van der Waals surface area contributed by atoms with E-state index in [0.717, 1.165) is 38.0 Å². The highest BCUT2D eigenvalue weighted by Crippen LogP contribution is 2.27. The lowest BCUT2D eigenvalue weighted by Gasteiger charge is -2.32. The molecule has 2 saturated heterocycles. The molecule has 0 amide bonds. The minimum Gasteiger partial charge on any atom is -0.408 e. The van der Waals surface area contributed by atoms with E-state index in [1.807, 2.05) is 28.8 Å². The molecule has 0 unspecified atom stereocenters. The Hall–Kier alpha value is -2.53. The standard InChI is InChI=1S/C23H27N3O2/c27-23-26(21-5-1-2-6-22(21)28-23)20-11-15-24(16-12-20)17-18-7-9-19(10-8-18)25-13-3-4-14-25/h1-2,5-10,20H,3-4,11-17H2. The number of rotatable bonds is 4. The van der Waals surface area contributed by atoms with Crippen LogP contribution in [0.1, 0.15) is 37.3 Å². The summed E-state index contributed by atoms with van der Waals surface area (Å²) in [7, 11) is 0. The van der Waals surface area contributed by atoms with Crippen LogP contribution in [0.3, 0.4) is 0 Å². The van der Waals surface area contributed by atoms with Gasteiger partial charge in [-0.15, -0.1) is 0 Å². The number of oxazole rings is 1. The first-order valence-electron chi connectivity index (χ1n) is 10.4. The van der Waals surface area contributed by atoms with Crippen LogP contribution in [0.4, 0.5) is 5.69 Å². The lowest BCUT2D eigenvalue weighted by molar-refractivity contribution is 0.177. The second-order valence-electron chi connectivity index (χ2n) is 8.07. The third-order valence-electron chi connectivity index (χ3n) is 6.25. The van der Waals surface area contributed by atoms with Crippen molar-refractivity contribution in [2.45, 2.75) is 38.3 Å². The fourth-order valence-electron chi connectivity index (χ4n) is 4.71. The van der Waals surface area contributed by atoms with Crippen LogP contribution in [-0.4, -0.2) is 35.6 Å². The molecule has 5 heteroatoms. The SMILES string of the molecule is O=c1oc2ccccc2n1C1CCN(Cc2ccc(N3CCCC3)cc2)CC1. The highest BCUT2D eigenvalue weighted by atomic mass is 16.4. The van der Waals surface area contributed by atoms with Gasteiger partial charge in [0.15, 0.2) is 5.58 Å². The second kappa shape index (κ2) is 7.47. The molecule has 5 rings (SSSR count). The summed E-state index contributed by atoms with van der Waals surface area (Å²) in [5.41, 5.74) is 4.33. The number of hydrogen-bond donors (Lipinski definition) is 0. The number of nitrogens with zero attached hydrogens (tertiary/aromatic N) is 3. The largest absolute Gasteiger partial charge is 0.420 e. The number of likely N-dealkylation sites (tertiary alicyclic amines) is 1. The third kappa shape index (κ3) is 3.35. The molecule has 2 aliphatic heterocycles. The van der Waals surface area contributed by atoms with E-state index >= 15 is 0 Å². The predicted molar refractivity (Wildman–Crippen MR) is 112 cm³/mol. The van der Waals surface area contributed by atoms with E-state index in [1.54, 1.807) is 0 Å². The molecule has 0 spiro atoms.